The van der Waals surface area contributed by atoms with E-state index in [0.717, 1.165) is 60.6 Å². The van der Waals surface area contributed by atoms with Gasteiger partial charge in [-0.2, -0.15) is 9.61 Å². The van der Waals surface area contributed by atoms with Gasteiger partial charge in [0.1, 0.15) is 5.01 Å². The molecule has 4 rings (SSSR count). The van der Waals surface area contributed by atoms with Crippen molar-refractivity contribution in [1.29, 1.82) is 0 Å². The van der Waals surface area contributed by atoms with E-state index in [4.69, 9.17) is 4.74 Å². The Morgan fingerprint density at radius 1 is 1.20 bits per heavy atom. The highest BCUT2D eigenvalue weighted by atomic mass is 32.1. The molecule has 10 heteroatoms. The van der Waals surface area contributed by atoms with Crippen molar-refractivity contribution in [3.05, 3.63) is 40.2 Å². The van der Waals surface area contributed by atoms with Gasteiger partial charge in [0.15, 0.2) is 5.82 Å². The molecule has 0 spiro atoms. The molecule has 9 nitrogen and oxygen atoms in total. The Morgan fingerprint density at radius 2 is 1.96 bits per heavy atom. The predicted octanol–water partition coefficient (Wildman–Crippen LogP) is 1.64. The summed E-state index contributed by atoms with van der Waals surface area (Å²) in [6.45, 7) is 4.32. The Morgan fingerprint density at radius 3 is 2.68 bits per heavy atom. The monoisotopic (exact) mass is 360 g/mol. The molecular formula is C15H16N6O3S. The minimum atomic E-state index is -0.411. The van der Waals surface area contributed by atoms with E-state index in [1.165, 1.54) is 23.5 Å². The van der Waals surface area contributed by atoms with Crippen molar-refractivity contribution in [1.82, 2.24) is 24.7 Å². The van der Waals surface area contributed by atoms with Crippen LogP contribution in [0.1, 0.15) is 5.82 Å². The van der Waals surface area contributed by atoms with Crippen LogP contribution in [0.2, 0.25) is 0 Å². The number of hydrogen-bond donors (Lipinski definition) is 0. The molecule has 0 aliphatic carbocycles. The molecule has 3 aromatic rings. The Hall–Kier alpha value is -2.43. The average molecular weight is 360 g/mol. The summed E-state index contributed by atoms with van der Waals surface area (Å²) in [6.07, 6.45) is 0.768. The summed E-state index contributed by atoms with van der Waals surface area (Å²) in [7, 11) is 0. The first-order valence-electron chi connectivity index (χ1n) is 7.97. The van der Waals surface area contributed by atoms with Gasteiger partial charge in [-0.25, -0.2) is 0 Å². The van der Waals surface area contributed by atoms with Gasteiger partial charge >= 0.3 is 0 Å². The van der Waals surface area contributed by atoms with Gasteiger partial charge in [-0.1, -0.05) is 11.3 Å². The summed E-state index contributed by atoms with van der Waals surface area (Å²) in [5.41, 5.74) is 0.901. The summed E-state index contributed by atoms with van der Waals surface area (Å²) in [5, 5.41) is 24.5. The molecule has 0 unspecified atom stereocenters. The van der Waals surface area contributed by atoms with Gasteiger partial charge in [0.05, 0.1) is 18.1 Å². The topological polar surface area (TPSA) is 98.7 Å². The zero-order valence-electron chi connectivity index (χ0n) is 13.4. The maximum Gasteiger partial charge on any atom is 0.269 e. The van der Waals surface area contributed by atoms with Crippen molar-refractivity contribution in [2.24, 2.45) is 0 Å². The molecule has 1 aromatic carbocycles. The average Bonchev–Trinajstić information content (AvgIpc) is 3.22. The molecule has 2 aromatic heterocycles. The van der Waals surface area contributed by atoms with E-state index in [9.17, 15) is 10.1 Å². The van der Waals surface area contributed by atoms with Gasteiger partial charge in [-0.15, -0.1) is 10.2 Å². The summed E-state index contributed by atoms with van der Waals surface area (Å²) in [5.74, 6) is 0.825. The van der Waals surface area contributed by atoms with Crippen LogP contribution in [0.5, 0.6) is 0 Å². The fraction of sp³-hybridized carbons (Fsp3) is 0.400. The third kappa shape index (κ3) is 3.36. The third-order valence-electron chi connectivity index (χ3n) is 4.14. The molecule has 130 valence electrons. The van der Waals surface area contributed by atoms with Gasteiger partial charge < -0.3 is 4.74 Å². The number of nitro benzene ring substituents is 1. The van der Waals surface area contributed by atoms with Crippen LogP contribution in [-0.4, -0.2) is 62.5 Å². The molecule has 1 aliphatic rings. The van der Waals surface area contributed by atoms with Crippen LogP contribution in [0.25, 0.3) is 15.5 Å². The van der Waals surface area contributed by atoms with Gasteiger partial charge in [-0.3, -0.25) is 15.0 Å². The Bertz CT molecular complexity index is 884. The molecule has 1 fully saturated rings. The summed E-state index contributed by atoms with van der Waals surface area (Å²) in [6, 6.07) is 6.38. The van der Waals surface area contributed by atoms with Crippen LogP contribution >= 0.6 is 11.3 Å². The van der Waals surface area contributed by atoms with E-state index >= 15 is 0 Å². The number of rotatable bonds is 5. The number of nitro groups is 1. The van der Waals surface area contributed by atoms with Crippen molar-refractivity contribution < 1.29 is 9.66 Å². The van der Waals surface area contributed by atoms with Crippen LogP contribution in [0, 0.1) is 10.1 Å². The first kappa shape index (κ1) is 16.1. The van der Waals surface area contributed by atoms with E-state index in [2.05, 4.69) is 20.2 Å². The van der Waals surface area contributed by atoms with E-state index in [0.29, 0.717) is 0 Å². The van der Waals surface area contributed by atoms with Crippen LogP contribution in [0.3, 0.4) is 0 Å². The first-order chi connectivity index (χ1) is 12.2. The Kier molecular flexibility index (Phi) is 4.38. The number of fused-ring (bicyclic) bond motifs is 1. The molecule has 0 bridgehead atoms. The van der Waals surface area contributed by atoms with Crippen molar-refractivity contribution in [2.45, 2.75) is 6.42 Å². The lowest BCUT2D eigenvalue weighted by Crippen LogP contribution is -2.37. The van der Waals surface area contributed by atoms with Crippen molar-refractivity contribution in [2.75, 3.05) is 32.8 Å². The highest BCUT2D eigenvalue weighted by Gasteiger charge is 2.16. The third-order valence-corrected chi connectivity index (χ3v) is 5.08. The Labute approximate surface area is 147 Å². The van der Waals surface area contributed by atoms with Gasteiger partial charge in [0, 0.05) is 43.8 Å². The molecule has 1 aliphatic heterocycles. The minimum Gasteiger partial charge on any atom is -0.379 e. The maximum atomic E-state index is 10.8. The molecule has 1 saturated heterocycles. The van der Waals surface area contributed by atoms with Crippen molar-refractivity contribution in [3.8, 4) is 10.6 Å². The normalized spacial score (nSPS) is 15.7. The number of aromatic nitrogens is 4. The number of nitrogens with zero attached hydrogens (tertiary/aromatic N) is 6. The molecule has 0 N–H and O–H groups in total. The predicted molar refractivity (Wildman–Crippen MR) is 91.7 cm³/mol. The maximum absolute atomic E-state index is 10.8. The fourth-order valence-electron chi connectivity index (χ4n) is 2.74. The first-order valence-corrected chi connectivity index (χ1v) is 8.78. The van der Waals surface area contributed by atoms with Crippen LogP contribution < -0.4 is 0 Å². The molecule has 25 heavy (non-hydrogen) atoms. The standard InChI is InChI=1S/C15H16N6O3S/c22-21(23)12-3-1-11(2-4-12)14-18-20-13(16-17-15(20)25-14)5-6-19-7-9-24-10-8-19/h1-4H,5-10H2. The highest BCUT2D eigenvalue weighted by molar-refractivity contribution is 7.19. The number of benzene rings is 1. The van der Waals surface area contributed by atoms with E-state index in [1.54, 1.807) is 16.6 Å². The molecule has 3 heterocycles. The summed E-state index contributed by atoms with van der Waals surface area (Å²) < 4.78 is 7.12. The lowest BCUT2D eigenvalue weighted by Gasteiger charge is -2.25. The smallest absolute Gasteiger partial charge is 0.269 e. The number of hydrogen-bond acceptors (Lipinski definition) is 8. The van der Waals surface area contributed by atoms with E-state index in [-0.39, 0.29) is 5.69 Å². The van der Waals surface area contributed by atoms with Crippen molar-refractivity contribution in [3.63, 3.8) is 0 Å². The zero-order chi connectivity index (χ0) is 17.2. The Balaban J connectivity index is 1.52. The van der Waals surface area contributed by atoms with Crippen LogP contribution in [-0.2, 0) is 11.2 Å². The lowest BCUT2D eigenvalue weighted by molar-refractivity contribution is -0.384. The zero-order valence-corrected chi connectivity index (χ0v) is 14.2. The summed E-state index contributed by atoms with van der Waals surface area (Å²) >= 11 is 1.42. The van der Waals surface area contributed by atoms with E-state index in [1.807, 2.05) is 0 Å². The SMILES string of the molecule is O=[N+]([O-])c1ccc(-c2nn3c(CCN4CCOCC4)nnc3s2)cc1. The van der Waals surface area contributed by atoms with Crippen molar-refractivity contribution >= 4 is 22.0 Å². The summed E-state index contributed by atoms with van der Waals surface area (Å²) in [4.78, 5) is 13.4. The largest absolute Gasteiger partial charge is 0.379 e. The lowest BCUT2D eigenvalue weighted by atomic mass is 10.2. The minimum absolute atomic E-state index is 0.0675. The molecular weight excluding hydrogens is 344 g/mol. The second-order valence-corrected chi connectivity index (χ2v) is 6.68. The number of ether oxygens (including phenoxy) is 1. The number of morpholine rings is 1. The molecule has 0 radical (unpaired) electrons. The number of non-ortho nitro benzene ring substituents is 1. The van der Waals surface area contributed by atoms with E-state index < -0.39 is 4.92 Å². The van der Waals surface area contributed by atoms with Crippen LogP contribution in [0.4, 0.5) is 5.69 Å². The molecule has 0 atom stereocenters. The van der Waals surface area contributed by atoms with Gasteiger partial charge in [0.25, 0.3) is 5.69 Å². The van der Waals surface area contributed by atoms with Crippen LogP contribution in [0.15, 0.2) is 24.3 Å². The second kappa shape index (κ2) is 6.82. The molecule has 0 amide bonds. The fourth-order valence-corrected chi connectivity index (χ4v) is 3.60. The second-order valence-electron chi connectivity index (χ2n) is 5.73. The van der Waals surface area contributed by atoms with Gasteiger partial charge in [0.2, 0.25) is 4.96 Å². The highest BCUT2D eigenvalue weighted by Crippen LogP contribution is 2.27. The molecule has 0 saturated carbocycles. The van der Waals surface area contributed by atoms with Gasteiger partial charge in [-0.05, 0) is 12.1 Å². The quantitative estimate of drug-likeness (QED) is 0.504.